The quantitative estimate of drug-likeness (QED) is 0.820. The van der Waals surface area contributed by atoms with Crippen LogP contribution in [0, 0.1) is 20.8 Å². The van der Waals surface area contributed by atoms with Gasteiger partial charge in [0.15, 0.2) is 0 Å². The molecule has 1 aromatic rings. The molecule has 0 unspecified atom stereocenters. The summed E-state index contributed by atoms with van der Waals surface area (Å²) in [6.45, 7) is 7.65. The third-order valence-electron chi connectivity index (χ3n) is 2.41. The predicted molar refractivity (Wildman–Crippen MR) is 62.7 cm³/mol. The Labute approximate surface area is 92.8 Å². The van der Waals surface area contributed by atoms with Crippen molar-refractivity contribution in [1.29, 1.82) is 0 Å². The van der Waals surface area contributed by atoms with E-state index in [0.29, 0.717) is 0 Å². The molecular weight excluding hydrogens is 242 g/mol. The van der Waals surface area contributed by atoms with E-state index in [9.17, 15) is 4.79 Å². The Bertz CT molecular complexity index is 385. The smallest absolute Gasteiger partial charge is 0.221 e. The number of aryl methyl sites for hydroxylation is 1. The van der Waals surface area contributed by atoms with Gasteiger partial charge in [0, 0.05) is 11.4 Å². The van der Waals surface area contributed by atoms with Gasteiger partial charge in [0.2, 0.25) is 5.91 Å². The number of hydrogen-bond donors (Lipinski definition) is 1. The molecule has 3 heteroatoms. The van der Waals surface area contributed by atoms with Gasteiger partial charge >= 0.3 is 0 Å². The van der Waals surface area contributed by atoms with Crippen LogP contribution in [0.15, 0.2) is 10.5 Å². The zero-order valence-corrected chi connectivity index (χ0v) is 10.4. The predicted octanol–water partition coefficient (Wildman–Crippen LogP) is 3.33. The van der Waals surface area contributed by atoms with E-state index in [4.69, 9.17) is 0 Å². The van der Waals surface area contributed by atoms with Crippen LogP contribution in [-0.2, 0) is 4.79 Å². The molecule has 1 rings (SSSR count). The number of benzene rings is 1. The lowest BCUT2D eigenvalue weighted by Crippen LogP contribution is -2.09. The van der Waals surface area contributed by atoms with Crippen LogP contribution in [0.1, 0.15) is 23.6 Å². The van der Waals surface area contributed by atoms with Crippen molar-refractivity contribution in [1.82, 2.24) is 0 Å². The molecule has 0 bridgehead atoms. The van der Waals surface area contributed by atoms with E-state index in [2.05, 4.69) is 35.1 Å². The van der Waals surface area contributed by atoms with Crippen molar-refractivity contribution in [2.24, 2.45) is 0 Å². The van der Waals surface area contributed by atoms with Crippen LogP contribution < -0.4 is 5.32 Å². The Balaban J connectivity index is 3.29. The first-order chi connectivity index (χ1) is 6.43. The number of nitrogens with one attached hydrogen (secondary N) is 1. The van der Waals surface area contributed by atoms with Crippen molar-refractivity contribution < 1.29 is 4.79 Å². The van der Waals surface area contributed by atoms with E-state index in [-0.39, 0.29) is 5.91 Å². The van der Waals surface area contributed by atoms with Crippen molar-refractivity contribution in [3.8, 4) is 0 Å². The summed E-state index contributed by atoms with van der Waals surface area (Å²) in [6, 6.07) is 2.02. The normalized spacial score (nSPS) is 10.1. The molecule has 0 aliphatic carbocycles. The van der Waals surface area contributed by atoms with E-state index < -0.39 is 0 Å². The van der Waals surface area contributed by atoms with Crippen LogP contribution in [0.3, 0.4) is 0 Å². The second kappa shape index (κ2) is 4.13. The lowest BCUT2D eigenvalue weighted by Gasteiger charge is -2.13. The zero-order valence-electron chi connectivity index (χ0n) is 8.86. The maximum atomic E-state index is 11.0. The standard InChI is InChI=1S/C11H14BrNO/c1-6-5-10(12)11(13-9(4)14)8(3)7(6)2/h5H,1-4H3,(H,13,14). The molecule has 0 saturated heterocycles. The van der Waals surface area contributed by atoms with Gasteiger partial charge in [-0.1, -0.05) is 0 Å². The number of carbonyl (C=O) groups is 1. The lowest BCUT2D eigenvalue weighted by atomic mass is 10.0. The van der Waals surface area contributed by atoms with Crippen molar-refractivity contribution in [2.45, 2.75) is 27.7 Å². The third kappa shape index (κ3) is 2.15. The highest BCUT2D eigenvalue weighted by molar-refractivity contribution is 9.10. The van der Waals surface area contributed by atoms with Gasteiger partial charge in [0.1, 0.15) is 0 Å². The Kier molecular flexibility index (Phi) is 3.32. The summed E-state index contributed by atoms with van der Waals surface area (Å²) in [5, 5.41) is 2.82. The van der Waals surface area contributed by atoms with Crippen LogP contribution in [0.2, 0.25) is 0 Å². The fourth-order valence-corrected chi connectivity index (χ4v) is 2.10. The molecular formula is C11H14BrNO. The summed E-state index contributed by atoms with van der Waals surface area (Å²) >= 11 is 3.45. The summed E-state index contributed by atoms with van der Waals surface area (Å²) in [5.74, 6) is -0.0444. The molecule has 0 aromatic heterocycles. The monoisotopic (exact) mass is 255 g/mol. The first-order valence-corrected chi connectivity index (χ1v) is 5.26. The van der Waals surface area contributed by atoms with Crippen molar-refractivity contribution in [2.75, 3.05) is 5.32 Å². The molecule has 2 nitrogen and oxygen atoms in total. The molecule has 14 heavy (non-hydrogen) atoms. The van der Waals surface area contributed by atoms with Crippen LogP contribution in [-0.4, -0.2) is 5.91 Å². The average Bonchev–Trinajstić information content (AvgIpc) is 2.09. The number of anilines is 1. The van der Waals surface area contributed by atoms with Gasteiger partial charge in [-0.2, -0.15) is 0 Å². The zero-order chi connectivity index (χ0) is 10.9. The maximum Gasteiger partial charge on any atom is 0.221 e. The second-order valence-corrected chi connectivity index (χ2v) is 4.34. The van der Waals surface area contributed by atoms with Crippen molar-refractivity contribution in [3.05, 3.63) is 27.2 Å². The Morgan fingerprint density at radius 1 is 1.29 bits per heavy atom. The van der Waals surface area contributed by atoms with E-state index in [1.165, 1.54) is 18.1 Å². The number of amides is 1. The topological polar surface area (TPSA) is 29.1 Å². The van der Waals surface area contributed by atoms with Gasteiger partial charge in [0.25, 0.3) is 0 Å². The minimum Gasteiger partial charge on any atom is -0.325 e. The summed E-state index contributed by atoms with van der Waals surface area (Å²) in [6.07, 6.45) is 0. The number of rotatable bonds is 1. The highest BCUT2D eigenvalue weighted by Crippen LogP contribution is 2.30. The third-order valence-corrected chi connectivity index (χ3v) is 3.04. The van der Waals surface area contributed by atoms with Crippen LogP contribution >= 0.6 is 15.9 Å². The number of hydrogen-bond acceptors (Lipinski definition) is 1. The maximum absolute atomic E-state index is 11.0. The van der Waals surface area contributed by atoms with Crippen molar-refractivity contribution in [3.63, 3.8) is 0 Å². The SMILES string of the molecule is CC(=O)Nc1c(Br)cc(C)c(C)c1C. The molecule has 0 fully saturated rings. The molecule has 0 atom stereocenters. The van der Waals surface area contributed by atoms with Gasteiger partial charge < -0.3 is 5.32 Å². The fraction of sp³-hybridized carbons (Fsp3) is 0.364. The first-order valence-electron chi connectivity index (χ1n) is 4.47. The van der Waals surface area contributed by atoms with Gasteiger partial charge in [-0.05, 0) is 59.5 Å². The summed E-state index contributed by atoms with van der Waals surface area (Å²) in [5.41, 5.74) is 4.44. The molecule has 0 spiro atoms. The average molecular weight is 256 g/mol. The summed E-state index contributed by atoms with van der Waals surface area (Å²) in [4.78, 5) is 11.0. The summed E-state index contributed by atoms with van der Waals surface area (Å²) < 4.78 is 0.938. The molecule has 0 radical (unpaired) electrons. The van der Waals surface area contributed by atoms with Gasteiger partial charge in [-0.25, -0.2) is 0 Å². The molecule has 0 saturated carbocycles. The molecule has 0 heterocycles. The van der Waals surface area contributed by atoms with Crippen LogP contribution in [0.5, 0.6) is 0 Å². The Morgan fingerprint density at radius 2 is 1.86 bits per heavy atom. The Morgan fingerprint density at radius 3 is 2.36 bits per heavy atom. The largest absolute Gasteiger partial charge is 0.325 e. The molecule has 0 aliphatic heterocycles. The van der Waals surface area contributed by atoms with E-state index in [1.807, 2.05) is 13.0 Å². The molecule has 0 aliphatic rings. The first kappa shape index (κ1) is 11.2. The molecule has 1 aromatic carbocycles. The molecule has 76 valence electrons. The highest BCUT2D eigenvalue weighted by Gasteiger charge is 2.09. The van der Waals surface area contributed by atoms with Gasteiger partial charge in [-0.3, -0.25) is 4.79 Å². The molecule has 1 amide bonds. The molecule has 1 N–H and O–H groups in total. The van der Waals surface area contributed by atoms with Crippen molar-refractivity contribution >= 4 is 27.5 Å². The summed E-state index contributed by atoms with van der Waals surface area (Å²) in [7, 11) is 0. The van der Waals surface area contributed by atoms with Gasteiger partial charge in [0.05, 0.1) is 5.69 Å². The Hall–Kier alpha value is -0.830. The number of halogens is 1. The second-order valence-electron chi connectivity index (χ2n) is 3.48. The minimum atomic E-state index is -0.0444. The van der Waals surface area contributed by atoms with E-state index in [0.717, 1.165) is 15.7 Å². The minimum absolute atomic E-state index is 0.0444. The lowest BCUT2D eigenvalue weighted by molar-refractivity contribution is -0.114. The number of carbonyl (C=O) groups excluding carboxylic acids is 1. The van der Waals surface area contributed by atoms with Crippen LogP contribution in [0.25, 0.3) is 0 Å². The van der Waals surface area contributed by atoms with Crippen LogP contribution in [0.4, 0.5) is 5.69 Å². The fourth-order valence-electron chi connectivity index (χ4n) is 1.36. The van der Waals surface area contributed by atoms with E-state index >= 15 is 0 Å². The van der Waals surface area contributed by atoms with E-state index in [1.54, 1.807) is 0 Å². The van der Waals surface area contributed by atoms with Gasteiger partial charge in [-0.15, -0.1) is 0 Å². The highest BCUT2D eigenvalue weighted by atomic mass is 79.9.